The van der Waals surface area contributed by atoms with Crippen LogP contribution in [0.1, 0.15) is 15.9 Å². The lowest BCUT2D eigenvalue weighted by atomic mass is 10.0. The molecule has 0 amide bonds. The van der Waals surface area contributed by atoms with Gasteiger partial charge < -0.3 is 9.84 Å². The van der Waals surface area contributed by atoms with Crippen LogP contribution in [-0.2, 0) is 11.2 Å². The lowest BCUT2D eigenvalue weighted by Gasteiger charge is -2.07. The fourth-order valence-corrected chi connectivity index (χ4v) is 1.96. The third-order valence-corrected chi connectivity index (χ3v) is 3.07. The van der Waals surface area contributed by atoms with Crippen molar-refractivity contribution in [3.63, 3.8) is 0 Å². The van der Waals surface area contributed by atoms with Crippen molar-refractivity contribution in [1.29, 1.82) is 0 Å². The van der Waals surface area contributed by atoms with Gasteiger partial charge in [-0.1, -0.05) is 24.3 Å². The molecule has 0 aromatic heterocycles. The van der Waals surface area contributed by atoms with Gasteiger partial charge in [0.1, 0.15) is 5.82 Å². The van der Waals surface area contributed by atoms with Crippen LogP contribution in [0.15, 0.2) is 42.5 Å². The third kappa shape index (κ3) is 3.22. The predicted molar refractivity (Wildman–Crippen MR) is 74.4 cm³/mol. The minimum Gasteiger partial charge on any atom is -0.478 e. The first kappa shape index (κ1) is 14.2. The molecule has 20 heavy (non-hydrogen) atoms. The van der Waals surface area contributed by atoms with E-state index in [1.54, 1.807) is 25.3 Å². The average molecular weight is 274 g/mol. The molecule has 0 aliphatic rings. The smallest absolute Gasteiger partial charge is 0.335 e. The Bertz CT molecular complexity index is 606. The zero-order chi connectivity index (χ0) is 14.5. The summed E-state index contributed by atoms with van der Waals surface area (Å²) in [4.78, 5) is 10.8. The molecule has 0 aliphatic heterocycles. The van der Waals surface area contributed by atoms with E-state index in [4.69, 9.17) is 9.84 Å². The molecule has 0 bridgehead atoms. The zero-order valence-corrected chi connectivity index (χ0v) is 11.1. The number of rotatable bonds is 5. The van der Waals surface area contributed by atoms with Crippen molar-refractivity contribution in [1.82, 2.24) is 0 Å². The van der Waals surface area contributed by atoms with Gasteiger partial charge in [0.05, 0.1) is 12.2 Å². The molecule has 0 heterocycles. The Labute approximate surface area is 116 Å². The summed E-state index contributed by atoms with van der Waals surface area (Å²) in [6.45, 7) is 0.548. The maximum absolute atomic E-state index is 14.1. The van der Waals surface area contributed by atoms with E-state index in [-0.39, 0.29) is 11.4 Å². The predicted octanol–water partition coefficient (Wildman–Crippen LogP) is 3.38. The Hall–Kier alpha value is -2.20. The van der Waals surface area contributed by atoms with E-state index in [1.807, 2.05) is 6.07 Å². The topological polar surface area (TPSA) is 46.5 Å². The second kappa shape index (κ2) is 6.30. The van der Waals surface area contributed by atoms with Crippen LogP contribution in [0.3, 0.4) is 0 Å². The number of halogens is 1. The summed E-state index contributed by atoms with van der Waals surface area (Å²) in [5.41, 5.74) is 2.18. The Balaban J connectivity index is 2.26. The van der Waals surface area contributed by atoms with Gasteiger partial charge in [0.15, 0.2) is 0 Å². The quantitative estimate of drug-likeness (QED) is 0.909. The van der Waals surface area contributed by atoms with Gasteiger partial charge in [0.25, 0.3) is 0 Å². The van der Waals surface area contributed by atoms with Crippen molar-refractivity contribution in [3.05, 3.63) is 59.4 Å². The van der Waals surface area contributed by atoms with Gasteiger partial charge in [-0.25, -0.2) is 9.18 Å². The van der Waals surface area contributed by atoms with Crippen molar-refractivity contribution in [2.45, 2.75) is 6.42 Å². The van der Waals surface area contributed by atoms with E-state index in [0.29, 0.717) is 24.2 Å². The molecule has 0 fully saturated rings. The molecule has 104 valence electrons. The summed E-state index contributed by atoms with van der Waals surface area (Å²) in [7, 11) is 1.61. The van der Waals surface area contributed by atoms with E-state index in [0.717, 1.165) is 5.56 Å². The first-order valence-electron chi connectivity index (χ1n) is 6.23. The molecule has 0 atom stereocenters. The molecule has 4 heteroatoms. The average Bonchev–Trinajstić information content (AvgIpc) is 2.45. The second-order valence-corrected chi connectivity index (χ2v) is 4.44. The third-order valence-electron chi connectivity index (χ3n) is 3.07. The largest absolute Gasteiger partial charge is 0.478 e. The summed E-state index contributed by atoms with van der Waals surface area (Å²) < 4.78 is 19.0. The highest BCUT2D eigenvalue weighted by atomic mass is 19.1. The molecule has 0 spiro atoms. The van der Waals surface area contributed by atoms with Gasteiger partial charge in [-0.2, -0.15) is 0 Å². The molecule has 0 saturated heterocycles. The van der Waals surface area contributed by atoms with Crippen LogP contribution in [0.4, 0.5) is 4.39 Å². The van der Waals surface area contributed by atoms with E-state index in [2.05, 4.69) is 0 Å². The number of benzene rings is 2. The molecule has 2 aromatic carbocycles. The van der Waals surface area contributed by atoms with Crippen LogP contribution >= 0.6 is 0 Å². The fourth-order valence-electron chi connectivity index (χ4n) is 1.96. The minimum absolute atomic E-state index is 0.186. The van der Waals surface area contributed by atoms with Crippen LogP contribution in [0.25, 0.3) is 11.1 Å². The fraction of sp³-hybridized carbons (Fsp3) is 0.188. The van der Waals surface area contributed by atoms with Crippen LogP contribution in [-0.4, -0.2) is 24.8 Å². The number of carbonyl (C=O) groups is 1. The summed E-state index contributed by atoms with van der Waals surface area (Å²) in [6.07, 6.45) is 0.658. The van der Waals surface area contributed by atoms with Crippen molar-refractivity contribution in [2.24, 2.45) is 0 Å². The molecule has 0 unspecified atom stereocenters. The lowest BCUT2D eigenvalue weighted by Crippen LogP contribution is -1.97. The van der Waals surface area contributed by atoms with Gasteiger partial charge in [0.2, 0.25) is 0 Å². The van der Waals surface area contributed by atoms with Crippen LogP contribution in [0, 0.1) is 5.82 Å². The van der Waals surface area contributed by atoms with Crippen molar-refractivity contribution < 1.29 is 19.0 Å². The molecule has 0 saturated carbocycles. The molecule has 3 nitrogen and oxygen atoms in total. The Kier molecular flexibility index (Phi) is 4.48. The van der Waals surface area contributed by atoms with E-state index < -0.39 is 5.97 Å². The Morgan fingerprint density at radius 2 is 1.90 bits per heavy atom. The van der Waals surface area contributed by atoms with Gasteiger partial charge in [-0.15, -0.1) is 0 Å². The van der Waals surface area contributed by atoms with E-state index in [9.17, 15) is 9.18 Å². The highest BCUT2D eigenvalue weighted by molar-refractivity contribution is 5.88. The van der Waals surface area contributed by atoms with Gasteiger partial charge in [-0.05, 0) is 35.7 Å². The molecule has 2 aromatic rings. The lowest BCUT2D eigenvalue weighted by molar-refractivity contribution is 0.0697. The monoisotopic (exact) mass is 274 g/mol. The molecule has 0 aliphatic carbocycles. The summed E-state index contributed by atoms with van der Waals surface area (Å²) in [5, 5.41) is 8.83. The maximum Gasteiger partial charge on any atom is 0.335 e. The Morgan fingerprint density at radius 3 is 2.45 bits per heavy atom. The van der Waals surface area contributed by atoms with Crippen molar-refractivity contribution in [3.8, 4) is 11.1 Å². The number of carboxylic acid groups (broad SMARTS) is 1. The molecular formula is C16H15FO3. The second-order valence-electron chi connectivity index (χ2n) is 4.44. The first-order chi connectivity index (χ1) is 9.61. The van der Waals surface area contributed by atoms with Crippen molar-refractivity contribution in [2.75, 3.05) is 13.7 Å². The number of hydrogen-bond acceptors (Lipinski definition) is 2. The van der Waals surface area contributed by atoms with Gasteiger partial charge in [-0.3, -0.25) is 0 Å². The van der Waals surface area contributed by atoms with Crippen LogP contribution in [0.5, 0.6) is 0 Å². The maximum atomic E-state index is 14.1. The van der Waals surface area contributed by atoms with Crippen LogP contribution in [0.2, 0.25) is 0 Å². The highest BCUT2D eigenvalue weighted by Gasteiger charge is 2.08. The number of aromatic carboxylic acids is 1. The van der Waals surface area contributed by atoms with E-state index >= 15 is 0 Å². The van der Waals surface area contributed by atoms with Gasteiger partial charge in [0, 0.05) is 12.7 Å². The highest BCUT2D eigenvalue weighted by Crippen LogP contribution is 2.24. The normalized spacial score (nSPS) is 10.5. The number of methoxy groups -OCH3 is 1. The summed E-state index contributed by atoms with van der Waals surface area (Å²) >= 11 is 0. The molecule has 1 N–H and O–H groups in total. The van der Waals surface area contributed by atoms with E-state index in [1.165, 1.54) is 18.2 Å². The number of ether oxygens (including phenoxy) is 1. The SMILES string of the molecule is COCCc1ccc(-c2ccc(C(=O)O)cc2)c(F)c1. The molecular weight excluding hydrogens is 259 g/mol. The number of carboxylic acids is 1. The Morgan fingerprint density at radius 1 is 1.20 bits per heavy atom. The number of hydrogen-bond donors (Lipinski definition) is 1. The first-order valence-corrected chi connectivity index (χ1v) is 6.23. The van der Waals surface area contributed by atoms with Gasteiger partial charge >= 0.3 is 5.97 Å². The standard InChI is InChI=1S/C16H15FO3/c1-20-9-8-11-2-7-14(15(17)10-11)12-3-5-13(6-4-12)16(18)19/h2-7,10H,8-9H2,1H3,(H,18,19). The zero-order valence-electron chi connectivity index (χ0n) is 11.1. The summed E-state index contributed by atoms with van der Waals surface area (Å²) in [6, 6.07) is 11.2. The summed E-state index contributed by atoms with van der Waals surface area (Å²) in [5.74, 6) is -1.31. The molecule has 2 rings (SSSR count). The minimum atomic E-state index is -0.994. The molecule has 0 radical (unpaired) electrons. The van der Waals surface area contributed by atoms with Crippen molar-refractivity contribution >= 4 is 5.97 Å². The van der Waals surface area contributed by atoms with Crippen LogP contribution < -0.4 is 0 Å².